The largest absolute Gasteiger partial charge is 0.460 e. The van der Waals surface area contributed by atoms with Crippen molar-refractivity contribution >= 4 is 12.1 Å². The van der Waals surface area contributed by atoms with Crippen molar-refractivity contribution in [2.75, 3.05) is 19.7 Å². The fourth-order valence-electron chi connectivity index (χ4n) is 2.93. The third-order valence-electron chi connectivity index (χ3n) is 4.12. The quantitative estimate of drug-likeness (QED) is 0.827. The van der Waals surface area contributed by atoms with E-state index < -0.39 is 11.7 Å². The second-order valence-electron chi connectivity index (χ2n) is 7.44. The van der Waals surface area contributed by atoms with Gasteiger partial charge >= 0.3 is 12.1 Å². The van der Waals surface area contributed by atoms with Crippen molar-refractivity contribution in [1.29, 1.82) is 0 Å². The molecule has 1 aromatic rings. The average Bonchev–Trinajstić information content (AvgIpc) is 2.94. The molecule has 6 heteroatoms. The Morgan fingerprint density at radius 2 is 1.80 bits per heavy atom. The van der Waals surface area contributed by atoms with Crippen molar-refractivity contribution in [3.63, 3.8) is 0 Å². The molecule has 0 aromatic heterocycles. The molecule has 0 radical (unpaired) electrons. The molecule has 138 valence electrons. The maximum atomic E-state index is 12.2. The summed E-state index contributed by atoms with van der Waals surface area (Å²) in [6.45, 7) is 6.35. The van der Waals surface area contributed by atoms with Gasteiger partial charge in [-0.1, -0.05) is 30.3 Å². The van der Waals surface area contributed by atoms with Crippen LogP contribution in [0.25, 0.3) is 0 Å². The normalized spacial score (nSPS) is 20.4. The van der Waals surface area contributed by atoms with Crippen molar-refractivity contribution in [3.05, 3.63) is 35.9 Å². The first kappa shape index (κ1) is 19.2. The molecular weight excluding hydrogens is 322 g/mol. The number of rotatable bonds is 5. The van der Waals surface area contributed by atoms with Crippen molar-refractivity contribution in [3.8, 4) is 0 Å². The van der Waals surface area contributed by atoms with E-state index in [2.05, 4.69) is 0 Å². The van der Waals surface area contributed by atoms with Gasteiger partial charge in [-0.05, 0) is 32.3 Å². The summed E-state index contributed by atoms with van der Waals surface area (Å²) in [6, 6.07) is 9.45. The van der Waals surface area contributed by atoms with Gasteiger partial charge < -0.3 is 19.5 Å². The summed E-state index contributed by atoms with van der Waals surface area (Å²) in [6.07, 6.45) is -0.237. The van der Waals surface area contributed by atoms with Crippen LogP contribution < -0.4 is 0 Å². The number of benzene rings is 1. The van der Waals surface area contributed by atoms with Crippen LogP contribution in [-0.4, -0.2) is 47.4 Å². The molecule has 1 aliphatic rings. The van der Waals surface area contributed by atoms with Gasteiger partial charge in [-0.15, -0.1) is 0 Å². The molecule has 0 saturated carbocycles. The maximum absolute atomic E-state index is 12.2. The number of aliphatic hydroxyl groups is 1. The van der Waals surface area contributed by atoms with Gasteiger partial charge in [0.25, 0.3) is 0 Å². The van der Waals surface area contributed by atoms with E-state index in [1.165, 1.54) is 0 Å². The van der Waals surface area contributed by atoms with Gasteiger partial charge in [0.05, 0.1) is 6.42 Å². The van der Waals surface area contributed by atoms with Gasteiger partial charge in [0.2, 0.25) is 0 Å². The molecule has 2 atom stereocenters. The van der Waals surface area contributed by atoms with Crippen LogP contribution in [0.1, 0.15) is 32.8 Å². The highest BCUT2D eigenvalue weighted by Crippen LogP contribution is 2.27. The molecule has 0 spiro atoms. The minimum absolute atomic E-state index is 0.0735. The molecule has 1 saturated heterocycles. The molecule has 1 N–H and O–H groups in total. The molecule has 1 aliphatic heterocycles. The van der Waals surface area contributed by atoms with Crippen LogP contribution in [0.3, 0.4) is 0 Å². The number of hydrogen-bond donors (Lipinski definition) is 1. The van der Waals surface area contributed by atoms with Gasteiger partial charge in [-0.25, -0.2) is 4.79 Å². The Morgan fingerprint density at radius 1 is 1.16 bits per heavy atom. The van der Waals surface area contributed by atoms with Gasteiger partial charge in [0.1, 0.15) is 12.2 Å². The average molecular weight is 349 g/mol. The first-order valence-corrected chi connectivity index (χ1v) is 8.57. The van der Waals surface area contributed by atoms with E-state index in [0.29, 0.717) is 13.1 Å². The molecule has 0 unspecified atom stereocenters. The second kappa shape index (κ2) is 8.34. The standard InChI is InChI=1S/C19H27NO5/c1-19(2,3)25-17(22)9-15-10-20(11-16(15)12-21)18(23)24-13-14-7-5-4-6-8-14/h4-8,15-16,21H,9-13H2,1-3H3/t15-,16-/m1/s1. The fourth-order valence-corrected chi connectivity index (χ4v) is 2.93. The van der Waals surface area contributed by atoms with Crippen LogP contribution in [0.15, 0.2) is 30.3 Å². The fraction of sp³-hybridized carbons (Fsp3) is 0.579. The monoisotopic (exact) mass is 349 g/mol. The summed E-state index contributed by atoms with van der Waals surface area (Å²) in [5.41, 5.74) is 0.373. The zero-order chi connectivity index (χ0) is 18.4. The highest BCUT2D eigenvalue weighted by Gasteiger charge is 2.37. The van der Waals surface area contributed by atoms with Crippen molar-refractivity contribution in [1.82, 2.24) is 4.90 Å². The molecule has 1 amide bonds. The number of carbonyl (C=O) groups excluding carboxylic acids is 2. The molecule has 0 aliphatic carbocycles. The summed E-state index contributed by atoms with van der Waals surface area (Å²) in [5.74, 6) is -0.573. The van der Waals surface area contributed by atoms with Crippen LogP contribution in [0.4, 0.5) is 4.79 Å². The summed E-state index contributed by atoms with van der Waals surface area (Å²) < 4.78 is 10.7. The molecule has 0 bridgehead atoms. The Labute approximate surface area is 148 Å². The van der Waals surface area contributed by atoms with Crippen LogP contribution >= 0.6 is 0 Å². The lowest BCUT2D eigenvalue weighted by Gasteiger charge is -2.22. The highest BCUT2D eigenvalue weighted by atomic mass is 16.6. The number of nitrogens with zero attached hydrogens (tertiary/aromatic N) is 1. The van der Waals surface area contributed by atoms with Crippen LogP contribution in [-0.2, 0) is 20.9 Å². The third-order valence-corrected chi connectivity index (χ3v) is 4.12. The van der Waals surface area contributed by atoms with Crippen molar-refractivity contribution in [2.45, 2.75) is 39.4 Å². The lowest BCUT2D eigenvalue weighted by Crippen LogP contribution is -2.30. The van der Waals surface area contributed by atoms with Crippen LogP contribution in [0.5, 0.6) is 0 Å². The molecule has 1 aromatic carbocycles. The predicted molar refractivity (Wildman–Crippen MR) is 92.7 cm³/mol. The number of hydrogen-bond acceptors (Lipinski definition) is 5. The number of ether oxygens (including phenoxy) is 2. The predicted octanol–water partition coefficient (Wildman–Crippen LogP) is 2.60. The van der Waals surface area contributed by atoms with Gasteiger partial charge in [-0.3, -0.25) is 4.79 Å². The SMILES string of the molecule is CC(C)(C)OC(=O)C[C@@H]1CN(C(=O)OCc2ccccc2)C[C@@H]1CO. The third kappa shape index (κ3) is 6.05. The summed E-state index contributed by atoms with van der Waals surface area (Å²) in [4.78, 5) is 25.8. The number of esters is 1. The maximum Gasteiger partial charge on any atom is 0.410 e. The van der Waals surface area contributed by atoms with Gasteiger partial charge in [0, 0.05) is 25.6 Å². The number of amides is 1. The summed E-state index contributed by atoms with van der Waals surface area (Å²) in [7, 11) is 0. The van der Waals surface area contributed by atoms with E-state index in [1.807, 2.05) is 51.1 Å². The van der Waals surface area contributed by atoms with E-state index in [9.17, 15) is 14.7 Å². The summed E-state index contributed by atoms with van der Waals surface area (Å²) in [5, 5.41) is 9.56. The Bertz CT molecular complexity index is 581. The van der Waals surface area contributed by atoms with Crippen molar-refractivity contribution < 1.29 is 24.2 Å². The summed E-state index contributed by atoms with van der Waals surface area (Å²) >= 11 is 0. The minimum Gasteiger partial charge on any atom is -0.460 e. The van der Waals surface area contributed by atoms with E-state index in [0.717, 1.165) is 5.56 Å². The number of likely N-dealkylation sites (tertiary alicyclic amines) is 1. The van der Waals surface area contributed by atoms with Crippen LogP contribution in [0.2, 0.25) is 0 Å². The lowest BCUT2D eigenvalue weighted by molar-refractivity contribution is -0.156. The Morgan fingerprint density at radius 3 is 2.40 bits per heavy atom. The van der Waals surface area contributed by atoms with E-state index in [-0.39, 0.29) is 37.4 Å². The van der Waals surface area contributed by atoms with E-state index >= 15 is 0 Å². The van der Waals surface area contributed by atoms with Gasteiger partial charge in [-0.2, -0.15) is 0 Å². The Hall–Kier alpha value is -2.08. The topological polar surface area (TPSA) is 76.1 Å². The van der Waals surface area contributed by atoms with E-state index in [4.69, 9.17) is 9.47 Å². The molecule has 25 heavy (non-hydrogen) atoms. The zero-order valence-corrected chi connectivity index (χ0v) is 15.1. The molecule has 1 heterocycles. The first-order valence-electron chi connectivity index (χ1n) is 8.57. The molecule has 2 rings (SSSR count). The smallest absolute Gasteiger partial charge is 0.410 e. The molecular formula is C19H27NO5. The van der Waals surface area contributed by atoms with E-state index in [1.54, 1.807) is 4.90 Å². The molecule has 1 fully saturated rings. The first-order chi connectivity index (χ1) is 11.8. The van der Waals surface area contributed by atoms with Crippen molar-refractivity contribution in [2.24, 2.45) is 11.8 Å². The second-order valence-corrected chi connectivity index (χ2v) is 7.44. The minimum atomic E-state index is -0.543. The number of aliphatic hydroxyl groups excluding tert-OH is 1. The van der Waals surface area contributed by atoms with Gasteiger partial charge in [0.15, 0.2) is 0 Å². The van der Waals surface area contributed by atoms with Crippen LogP contribution in [0, 0.1) is 11.8 Å². The lowest BCUT2D eigenvalue weighted by atomic mass is 9.94. The molecule has 6 nitrogen and oxygen atoms in total. The zero-order valence-electron chi connectivity index (χ0n) is 15.1. The number of carbonyl (C=O) groups is 2. The Balaban J connectivity index is 1.87. The highest BCUT2D eigenvalue weighted by molar-refractivity contribution is 5.71. The Kier molecular flexibility index (Phi) is 6.42.